The van der Waals surface area contributed by atoms with Crippen molar-refractivity contribution < 1.29 is 9.53 Å². The summed E-state index contributed by atoms with van der Waals surface area (Å²) in [6.45, 7) is 9.03. The number of rotatable bonds is 5. The van der Waals surface area contributed by atoms with E-state index >= 15 is 0 Å². The standard InChI is InChI=1S/C14H27NO2/c1-5-17-14(16)9-12(4)15-13-7-6-10(2)8-11(13)3/h10-13,15H,5-9H2,1-4H3. The fraction of sp³-hybridized carbons (Fsp3) is 0.929. The second-order valence-electron chi connectivity index (χ2n) is 5.58. The maximum Gasteiger partial charge on any atom is 0.307 e. The molecule has 4 unspecified atom stereocenters. The Morgan fingerprint density at radius 3 is 2.71 bits per heavy atom. The molecule has 0 aromatic heterocycles. The first-order valence-corrected chi connectivity index (χ1v) is 6.94. The first-order valence-electron chi connectivity index (χ1n) is 6.94. The van der Waals surface area contributed by atoms with Gasteiger partial charge in [-0.1, -0.05) is 13.8 Å². The Hall–Kier alpha value is -0.570. The minimum atomic E-state index is -0.0932. The average Bonchev–Trinajstić information content (AvgIpc) is 2.22. The summed E-state index contributed by atoms with van der Waals surface area (Å²) in [7, 11) is 0. The number of ether oxygens (including phenoxy) is 1. The van der Waals surface area contributed by atoms with Gasteiger partial charge in [0, 0.05) is 12.1 Å². The average molecular weight is 241 g/mol. The maximum atomic E-state index is 11.4. The molecule has 1 rings (SSSR count). The van der Waals surface area contributed by atoms with Gasteiger partial charge in [0.15, 0.2) is 0 Å². The van der Waals surface area contributed by atoms with Gasteiger partial charge in [0.1, 0.15) is 0 Å². The number of esters is 1. The van der Waals surface area contributed by atoms with E-state index in [9.17, 15) is 4.79 Å². The Labute approximate surface area is 105 Å². The molecular weight excluding hydrogens is 214 g/mol. The van der Waals surface area contributed by atoms with Crippen molar-refractivity contribution in [3.8, 4) is 0 Å². The van der Waals surface area contributed by atoms with Crippen LogP contribution in [0.25, 0.3) is 0 Å². The maximum absolute atomic E-state index is 11.4. The highest BCUT2D eigenvalue weighted by Gasteiger charge is 2.26. The van der Waals surface area contributed by atoms with Crippen molar-refractivity contribution >= 4 is 5.97 Å². The second-order valence-corrected chi connectivity index (χ2v) is 5.58. The van der Waals surface area contributed by atoms with E-state index in [4.69, 9.17) is 4.74 Å². The quantitative estimate of drug-likeness (QED) is 0.752. The van der Waals surface area contributed by atoms with E-state index in [-0.39, 0.29) is 12.0 Å². The van der Waals surface area contributed by atoms with E-state index in [0.29, 0.717) is 25.0 Å². The minimum Gasteiger partial charge on any atom is -0.466 e. The lowest BCUT2D eigenvalue weighted by molar-refractivity contribution is -0.143. The molecule has 17 heavy (non-hydrogen) atoms. The molecule has 0 saturated heterocycles. The zero-order chi connectivity index (χ0) is 12.8. The van der Waals surface area contributed by atoms with Crippen molar-refractivity contribution in [2.45, 2.75) is 65.5 Å². The van der Waals surface area contributed by atoms with Crippen LogP contribution in [0, 0.1) is 11.8 Å². The van der Waals surface area contributed by atoms with Crippen LogP contribution in [0.3, 0.4) is 0 Å². The van der Waals surface area contributed by atoms with Gasteiger partial charge in [-0.15, -0.1) is 0 Å². The molecule has 0 spiro atoms. The molecular formula is C14H27NO2. The van der Waals surface area contributed by atoms with E-state index in [1.165, 1.54) is 19.3 Å². The van der Waals surface area contributed by atoms with Crippen LogP contribution < -0.4 is 5.32 Å². The summed E-state index contributed by atoms with van der Waals surface area (Å²) >= 11 is 0. The van der Waals surface area contributed by atoms with Gasteiger partial charge in [-0.25, -0.2) is 0 Å². The van der Waals surface area contributed by atoms with E-state index in [2.05, 4.69) is 26.1 Å². The topological polar surface area (TPSA) is 38.3 Å². The second kappa shape index (κ2) is 7.00. The van der Waals surface area contributed by atoms with Crippen molar-refractivity contribution in [2.75, 3.05) is 6.61 Å². The Balaban J connectivity index is 2.30. The molecule has 1 saturated carbocycles. The lowest BCUT2D eigenvalue weighted by atomic mass is 9.79. The molecule has 0 radical (unpaired) electrons. The molecule has 0 heterocycles. The number of hydrogen-bond donors (Lipinski definition) is 1. The Morgan fingerprint density at radius 2 is 2.12 bits per heavy atom. The molecule has 1 N–H and O–H groups in total. The van der Waals surface area contributed by atoms with Gasteiger partial charge >= 0.3 is 5.97 Å². The summed E-state index contributed by atoms with van der Waals surface area (Å²) in [5.74, 6) is 1.47. The van der Waals surface area contributed by atoms with Gasteiger partial charge in [-0.2, -0.15) is 0 Å². The van der Waals surface area contributed by atoms with Gasteiger partial charge in [-0.3, -0.25) is 4.79 Å². The van der Waals surface area contributed by atoms with Gasteiger partial charge in [-0.05, 0) is 44.9 Å². The van der Waals surface area contributed by atoms with Crippen LogP contribution in [0.5, 0.6) is 0 Å². The van der Waals surface area contributed by atoms with Crippen molar-refractivity contribution in [1.82, 2.24) is 5.32 Å². The van der Waals surface area contributed by atoms with Crippen LogP contribution in [0.2, 0.25) is 0 Å². The third-order valence-corrected chi connectivity index (χ3v) is 3.71. The molecule has 0 amide bonds. The zero-order valence-corrected chi connectivity index (χ0v) is 11.7. The molecule has 100 valence electrons. The highest BCUT2D eigenvalue weighted by Crippen LogP contribution is 2.28. The molecule has 3 heteroatoms. The summed E-state index contributed by atoms with van der Waals surface area (Å²) in [5, 5.41) is 3.58. The lowest BCUT2D eigenvalue weighted by Gasteiger charge is -2.35. The number of carbonyl (C=O) groups excluding carboxylic acids is 1. The summed E-state index contributed by atoms with van der Waals surface area (Å²) < 4.78 is 4.97. The highest BCUT2D eigenvalue weighted by atomic mass is 16.5. The van der Waals surface area contributed by atoms with Crippen molar-refractivity contribution in [1.29, 1.82) is 0 Å². The van der Waals surface area contributed by atoms with Gasteiger partial charge in [0.05, 0.1) is 13.0 Å². The van der Waals surface area contributed by atoms with Crippen LogP contribution in [-0.2, 0) is 9.53 Å². The van der Waals surface area contributed by atoms with Gasteiger partial charge in [0.2, 0.25) is 0 Å². The van der Waals surface area contributed by atoms with Crippen molar-refractivity contribution in [3.05, 3.63) is 0 Å². The fourth-order valence-electron chi connectivity index (χ4n) is 2.81. The van der Waals surface area contributed by atoms with E-state index in [1.807, 2.05) is 6.92 Å². The van der Waals surface area contributed by atoms with E-state index < -0.39 is 0 Å². The lowest BCUT2D eigenvalue weighted by Crippen LogP contribution is -2.44. The highest BCUT2D eigenvalue weighted by molar-refractivity contribution is 5.70. The predicted octanol–water partition coefficient (Wildman–Crippen LogP) is 2.74. The third kappa shape index (κ3) is 5.07. The number of carbonyl (C=O) groups is 1. The normalized spacial score (nSPS) is 30.9. The van der Waals surface area contributed by atoms with Gasteiger partial charge < -0.3 is 10.1 Å². The van der Waals surface area contributed by atoms with Crippen LogP contribution in [0.1, 0.15) is 53.4 Å². The predicted molar refractivity (Wildman–Crippen MR) is 69.8 cm³/mol. The van der Waals surface area contributed by atoms with Crippen molar-refractivity contribution in [3.63, 3.8) is 0 Å². The molecule has 3 nitrogen and oxygen atoms in total. The monoisotopic (exact) mass is 241 g/mol. The van der Waals surface area contributed by atoms with Gasteiger partial charge in [0.25, 0.3) is 0 Å². The Morgan fingerprint density at radius 1 is 1.41 bits per heavy atom. The zero-order valence-electron chi connectivity index (χ0n) is 11.7. The van der Waals surface area contributed by atoms with E-state index in [0.717, 1.165) is 5.92 Å². The Kier molecular flexibility index (Phi) is 5.96. The summed E-state index contributed by atoms with van der Waals surface area (Å²) in [5.41, 5.74) is 0. The SMILES string of the molecule is CCOC(=O)CC(C)NC1CCC(C)CC1C. The molecule has 1 fully saturated rings. The van der Waals surface area contributed by atoms with Crippen LogP contribution >= 0.6 is 0 Å². The van der Waals surface area contributed by atoms with Crippen LogP contribution in [-0.4, -0.2) is 24.7 Å². The summed E-state index contributed by atoms with van der Waals surface area (Å²) in [6, 6.07) is 0.783. The molecule has 4 atom stereocenters. The van der Waals surface area contributed by atoms with Crippen LogP contribution in [0.15, 0.2) is 0 Å². The van der Waals surface area contributed by atoms with Crippen LogP contribution in [0.4, 0.5) is 0 Å². The summed E-state index contributed by atoms with van der Waals surface area (Å²) in [6.07, 6.45) is 4.31. The molecule has 0 aromatic carbocycles. The summed E-state index contributed by atoms with van der Waals surface area (Å²) in [4.78, 5) is 11.4. The first kappa shape index (κ1) is 14.5. The first-order chi connectivity index (χ1) is 8.02. The molecule has 0 bridgehead atoms. The fourth-order valence-corrected chi connectivity index (χ4v) is 2.81. The van der Waals surface area contributed by atoms with E-state index in [1.54, 1.807) is 0 Å². The smallest absolute Gasteiger partial charge is 0.307 e. The molecule has 1 aliphatic carbocycles. The Bertz CT molecular complexity index is 242. The number of nitrogens with one attached hydrogen (secondary N) is 1. The molecule has 0 aliphatic heterocycles. The van der Waals surface area contributed by atoms with Crippen molar-refractivity contribution in [2.24, 2.45) is 11.8 Å². The third-order valence-electron chi connectivity index (χ3n) is 3.71. The number of hydrogen-bond acceptors (Lipinski definition) is 3. The molecule has 1 aliphatic rings. The molecule has 0 aromatic rings. The minimum absolute atomic E-state index is 0.0932. The largest absolute Gasteiger partial charge is 0.466 e.